The van der Waals surface area contributed by atoms with Gasteiger partial charge >= 0.3 is 0 Å². The van der Waals surface area contributed by atoms with Crippen LogP contribution >= 0.6 is 11.8 Å². The number of thioether (sulfide) groups is 1. The Balaban J connectivity index is 2.66. The number of hydrogen-bond acceptors (Lipinski definition) is 6. The highest BCUT2D eigenvalue weighted by atomic mass is 32.2. The molecule has 1 aliphatic rings. The average molecular weight is 210 g/mol. The molecule has 0 aromatic carbocycles. The quantitative estimate of drug-likeness (QED) is 0.428. The van der Waals surface area contributed by atoms with Crippen LogP contribution in [0.2, 0.25) is 0 Å². The van der Waals surface area contributed by atoms with Crippen molar-refractivity contribution in [1.82, 2.24) is 0 Å². The van der Waals surface area contributed by atoms with Crippen LogP contribution in [0.5, 0.6) is 0 Å². The van der Waals surface area contributed by atoms with E-state index < -0.39 is 29.9 Å². The predicted octanol–water partition coefficient (Wildman–Crippen LogP) is -1.85. The third kappa shape index (κ3) is 2.15. The van der Waals surface area contributed by atoms with Gasteiger partial charge in [-0.15, -0.1) is 11.8 Å². The van der Waals surface area contributed by atoms with E-state index in [9.17, 15) is 15.3 Å². The van der Waals surface area contributed by atoms with Crippen molar-refractivity contribution in [2.45, 2.75) is 29.9 Å². The van der Waals surface area contributed by atoms with E-state index in [-0.39, 0.29) is 6.61 Å². The standard InChI is InChI=1S/C7H14O5S/c1-13-7-6(11)5(10)4(9)3(2-8)12-7/h3-11H,2H2,1H3/t3?,4-,5+,6?,7+/m1/s1. The summed E-state index contributed by atoms with van der Waals surface area (Å²) in [6.45, 7) is -0.373. The van der Waals surface area contributed by atoms with Crippen LogP contribution in [-0.4, -0.2) is 63.1 Å². The molecule has 0 spiro atoms. The molecule has 1 rings (SSSR count). The van der Waals surface area contributed by atoms with Gasteiger partial charge in [0.1, 0.15) is 29.9 Å². The molecule has 1 heterocycles. The summed E-state index contributed by atoms with van der Waals surface area (Å²) in [7, 11) is 0. The number of aliphatic hydroxyl groups is 4. The molecule has 1 fully saturated rings. The lowest BCUT2D eigenvalue weighted by Crippen LogP contribution is -2.57. The van der Waals surface area contributed by atoms with Gasteiger partial charge in [0.05, 0.1) is 6.61 Å². The summed E-state index contributed by atoms with van der Waals surface area (Å²) in [5.74, 6) is 0. The first kappa shape index (κ1) is 11.2. The maximum atomic E-state index is 9.38. The second kappa shape index (κ2) is 4.59. The van der Waals surface area contributed by atoms with Crippen LogP contribution in [0.4, 0.5) is 0 Å². The van der Waals surface area contributed by atoms with Crippen molar-refractivity contribution in [2.24, 2.45) is 0 Å². The first-order valence-electron chi connectivity index (χ1n) is 3.95. The Bertz CT molecular complexity index is 147. The van der Waals surface area contributed by atoms with Crippen molar-refractivity contribution < 1.29 is 25.2 Å². The van der Waals surface area contributed by atoms with Crippen LogP contribution in [0.15, 0.2) is 0 Å². The number of hydrogen-bond donors (Lipinski definition) is 4. The molecule has 0 aromatic heterocycles. The van der Waals surface area contributed by atoms with Gasteiger partial charge in [0.15, 0.2) is 0 Å². The van der Waals surface area contributed by atoms with Crippen molar-refractivity contribution in [2.75, 3.05) is 12.9 Å². The molecule has 0 bridgehead atoms. The van der Waals surface area contributed by atoms with Crippen molar-refractivity contribution in [3.05, 3.63) is 0 Å². The van der Waals surface area contributed by atoms with Gasteiger partial charge in [-0.25, -0.2) is 0 Å². The van der Waals surface area contributed by atoms with E-state index in [1.807, 2.05) is 0 Å². The summed E-state index contributed by atoms with van der Waals surface area (Å²) in [4.78, 5) is 0. The Kier molecular flexibility index (Phi) is 3.96. The van der Waals surface area contributed by atoms with E-state index in [2.05, 4.69) is 0 Å². The van der Waals surface area contributed by atoms with Crippen LogP contribution in [-0.2, 0) is 4.74 Å². The van der Waals surface area contributed by atoms with Gasteiger partial charge in [0, 0.05) is 0 Å². The molecule has 13 heavy (non-hydrogen) atoms. The van der Waals surface area contributed by atoms with E-state index in [0.29, 0.717) is 0 Å². The maximum absolute atomic E-state index is 9.38. The van der Waals surface area contributed by atoms with Crippen LogP contribution in [0.3, 0.4) is 0 Å². The normalized spacial score (nSPS) is 46.4. The minimum absolute atomic E-state index is 0.373. The van der Waals surface area contributed by atoms with E-state index in [1.54, 1.807) is 6.26 Å². The monoisotopic (exact) mass is 210 g/mol. The fraction of sp³-hybridized carbons (Fsp3) is 1.00. The third-order valence-corrected chi connectivity index (χ3v) is 2.94. The maximum Gasteiger partial charge on any atom is 0.132 e. The molecule has 78 valence electrons. The Hall–Kier alpha value is 0.150. The number of aliphatic hydroxyl groups excluding tert-OH is 4. The highest BCUT2D eigenvalue weighted by Crippen LogP contribution is 2.26. The molecule has 4 N–H and O–H groups in total. The lowest BCUT2D eigenvalue weighted by Gasteiger charge is -2.39. The zero-order valence-electron chi connectivity index (χ0n) is 7.20. The van der Waals surface area contributed by atoms with E-state index in [1.165, 1.54) is 11.8 Å². The zero-order valence-corrected chi connectivity index (χ0v) is 8.02. The van der Waals surface area contributed by atoms with Crippen LogP contribution in [0, 0.1) is 0 Å². The highest BCUT2D eigenvalue weighted by Gasteiger charge is 2.42. The molecule has 6 heteroatoms. The average Bonchev–Trinajstić information content (AvgIpc) is 2.15. The molecule has 0 aliphatic carbocycles. The Morgan fingerprint density at radius 2 is 1.77 bits per heavy atom. The summed E-state index contributed by atoms with van der Waals surface area (Å²) in [6, 6.07) is 0. The molecule has 1 saturated heterocycles. The number of rotatable bonds is 2. The molecule has 0 radical (unpaired) electrons. The van der Waals surface area contributed by atoms with Crippen molar-refractivity contribution >= 4 is 11.8 Å². The van der Waals surface area contributed by atoms with Gasteiger partial charge < -0.3 is 25.2 Å². The predicted molar refractivity (Wildman–Crippen MR) is 47.3 cm³/mol. The van der Waals surface area contributed by atoms with Gasteiger partial charge in [0.2, 0.25) is 0 Å². The highest BCUT2D eigenvalue weighted by molar-refractivity contribution is 7.99. The molecular weight excluding hydrogens is 196 g/mol. The summed E-state index contributed by atoms with van der Waals surface area (Å²) in [5.41, 5.74) is -0.601. The molecule has 5 nitrogen and oxygen atoms in total. The molecule has 2 unspecified atom stereocenters. The van der Waals surface area contributed by atoms with E-state index in [0.717, 1.165) is 0 Å². The minimum atomic E-state index is -1.26. The fourth-order valence-electron chi connectivity index (χ4n) is 1.26. The van der Waals surface area contributed by atoms with Crippen molar-refractivity contribution in [1.29, 1.82) is 0 Å². The molecular formula is C7H14O5S. The molecule has 0 saturated carbocycles. The van der Waals surface area contributed by atoms with Crippen LogP contribution in [0.1, 0.15) is 0 Å². The summed E-state index contributed by atoms with van der Waals surface area (Å²) in [6.07, 6.45) is -2.72. The lowest BCUT2D eigenvalue weighted by molar-refractivity contribution is -0.205. The first-order valence-corrected chi connectivity index (χ1v) is 5.24. The molecule has 1 aliphatic heterocycles. The molecule has 0 amide bonds. The van der Waals surface area contributed by atoms with Gasteiger partial charge in [-0.2, -0.15) is 0 Å². The van der Waals surface area contributed by atoms with Crippen molar-refractivity contribution in [3.63, 3.8) is 0 Å². The van der Waals surface area contributed by atoms with Gasteiger partial charge in [-0.1, -0.05) is 0 Å². The van der Waals surface area contributed by atoms with Crippen LogP contribution in [0.25, 0.3) is 0 Å². The Morgan fingerprint density at radius 3 is 2.23 bits per heavy atom. The topological polar surface area (TPSA) is 90.2 Å². The summed E-state index contributed by atoms with van der Waals surface area (Å²) in [5, 5.41) is 36.8. The van der Waals surface area contributed by atoms with E-state index >= 15 is 0 Å². The molecule has 0 aromatic rings. The van der Waals surface area contributed by atoms with Gasteiger partial charge in [-0.3, -0.25) is 0 Å². The summed E-state index contributed by atoms with van der Waals surface area (Å²) < 4.78 is 5.13. The second-order valence-electron chi connectivity index (χ2n) is 2.93. The lowest BCUT2D eigenvalue weighted by atomic mass is 10.0. The Morgan fingerprint density at radius 1 is 1.15 bits per heavy atom. The smallest absolute Gasteiger partial charge is 0.132 e. The van der Waals surface area contributed by atoms with Gasteiger partial charge in [0.25, 0.3) is 0 Å². The SMILES string of the molecule is CS[C@@H]1OC(CO)[C@@H](O)[C@H](O)C1O. The first-order chi connectivity index (χ1) is 6.11. The zero-order chi connectivity index (χ0) is 10.0. The molecule has 5 atom stereocenters. The van der Waals surface area contributed by atoms with Crippen LogP contribution < -0.4 is 0 Å². The van der Waals surface area contributed by atoms with E-state index in [4.69, 9.17) is 9.84 Å². The van der Waals surface area contributed by atoms with Gasteiger partial charge in [-0.05, 0) is 6.26 Å². The second-order valence-corrected chi connectivity index (χ2v) is 3.87. The largest absolute Gasteiger partial charge is 0.394 e. The Labute approximate surface area is 80.3 Å². The third-order valence-electron chi connectivity index (χ3n) is 2.08. The fourth-order valence-corrected chi connectivity index (χ4v) is 1.96. The minimum Gasteiger partial charge on any atom is -0.394 e. The number of ether oxygens (including phenoxy) is 1. The summed E-state index contributed by atoms with van der Waals surface area (Å²) >= 11 is 1.22. The van der Waals surface area contributed by atoms with Crippen molar-refractivity contribution in [3.8, 4) is 0 Å².